The minimum atomic E-state index is -0.658. The maximum Gasteiger partial charge on any atom is 0.136 e. The van der Waals surface area contributed by atoms with E-state index < -0.39 is 66.5 Å². The van der Waals surface area contributed by atoms with Gasteiger partial charge in [0, 0.05) is 10.8 Å². The van der Waals surface area contributed by atoms with E-state index in [1.165, 1.54) is 0 Å². The molecule has 0 aliphatic heterocycles. The fourth-order valence-corrected chi connectivity index (χ4v) is 6.97. The predicted molar refractivity (Wildman–Crippen MR) is 200 cm³/mol. The van der Waals surface area contributed by atoms with Gasteiger partial charge >= 0.3 is 0 Å². The van der Waals surface area contributed by atoms with E-state index in [9.17, 15) is 5.48 Å². The van der Waals surface area contributed by atoms with E-state index in [0.29, 0.717) is 16.3 Å². The highest BCUT2D eigenvalue weighted by molar-refractivity contribution is 6.26. The Balaban J connectivity index is 1.31. The molecular weight excluding hydrogens is 569 g/mol. The van der Waals surface area contributed by atoms with Crippen LogP contribution in [-0.2, 0) is 0 Å². The third-order valence-electron chi connectivity index (χ3n) is 9.00. The number of benzene rings is 9. The molecule has 0 atom stereocenters. The van der Waals surface area contributed by atoms with Crippen molar-refractivity contribution in [3.05, 3.63) is 170 Å². The lowest BCUT2D eigenvalue weighted by Gasteiger charge is -2.18. The fraction of sp³-hybridized carbons (Fsp3) is 0. The van der Waals surface area contributed by atoms with Crippen molar-refractivity contribution in [1.82, 2.24) is 0 Å². The van der Waals surface area contributed by atoms with Gasteiger partial charge in [0.1, 0.15) is 11.2 Å². The first-order valence-corrected chi connectivity index (χ1v) is 15.3. The van der Waals surface area contributed by atoms with Crippen LogP contribution in [0.5, 0.6) is 0 Å². The van der Waals surface area contributed by atoms with E-state index in [2.05, 4.69) is 24.3 Å². The van der Waals surface area contributed by atoms with Crippen LogP contribution in [-0.4, -0.2) is 0 Å². The second-order valence-corrected chi connectivity index (χ2v) is 11.6. The fourth-order valence-electron chi connectivity index (χ4n) is 6.97. The van der Waals surface area contributed by atoms with Crippen LogP contribution in [0.25, 0.3) is 98.4 Å². The van der Waals surface area contributed by atoms with Crippen LogP contribution in [0, 0.1) is 0 Å². The summed E-state index contributed by atoms with van der Waals surface area (Å²) in [5, 5.41) is 6.35. The zero-order valence-electron chi connectivity index (χ0n) is 35.7. The number of rotatable bonds is 3. The highest BCUT2D eigenvalue weighted by Crippen LogP contribution is 2.47. The Labute approximate surface area is 287 Å². The summed E-state index contributed by atoms with van der Waals surface area (Å²) in [6.07, 6.45) is 0. The first kappa shape index (κ1) is 17.5. The van der Waals surface area contributed by atoms with Crippen molar-refractivity contribution >= 4 is 65.0 Å². The molecule has 0 unspecified atom stereocenters. The summed E-state index contributed by atoms with van der Waals surface area (Å²) in [6, 6.07) is 27.3. The first-order valence-electron chi connectivity index (χ1n) is 20.8. The molecule has 0 saturated heterocycles. The summed E-state index contributed by atoms with van der Waals surface area (Å²) in [5.41, 5.74) is 3.03. The third kappa shape index (κ3) is 3.97. The van der Waals surface area contributed by atoms with Crippen LogP contribution in [0.15, 0.2) is 174 Å². The van der Waals surface area contributed by atoms with Gasteiger partial charge in [-0.15, -0.1) is 0 Å². The summed E-state index contributed by atoms with van der Waals surface area (Å²) in [7, 11) is 0. The van der Waals surface area contributed by atoms with Crippen LogP contribution >= 0.6 is 0 Å². The second kappa shape index (κ2) is 10.2. The Hall–Kier alpha value is -6.18. The van der Waals surface area contributed by atoms with Crippen LogP contribution in [0.2, 0.25) is 0 Å². The van der Waals surface area contributed by atoms with Gasteiger partial charge in [-0.2, -0.15) is 0 Å². The molecule has 0 saturated carbocycles. The number of furan rings is 1. The molecule has 218 valence electrons. The van der Waals surface area contributed by atoms with E-state index in [1.54, 1.807) is 0 Å². The minimum absolute atomic E-state index is 0.0112. The van der Waals surface area contributed by atoms with Crippen LogP contribution in [0.4, 0.5) is 0 Å². The number of hydrogen-bond donors (Lipinski definition) is 0. The van der Waals surface area contributed by atoms with Gasteiger partial charge in [0.05, 0.1) is 15.1 Å². The summed E-state index contributed by atoms with van der Waals surface area (Å²) in [4.78, 5) is 0. The minimum Gasteiger partial charge on any atom is -0.456 e. The van der Waals surface area contributed by atoms with E-state index in [4.69, 9.17) is 14.0 Å². The molecule has 1 nitrogen and oxygen atoms in total. The summed E-state index contributed by atoms with van der Waals surface area (Å²) >= 11 is 0. The molecule has 0 amide bonds. The Morgan fingerprint density at radius 3 is 1.74 bits per heavy atom. The van der Waals surface area contributed by atoms with Gasteiger partial charge < -0.3 is 4.42 Å². The number of fused-ring (bicyclic) bond motifs is 7. The Kier molecular flexibility index (Phi) is 3.79. The zero-order chi connectivity index (χ0) is 40.5. The smallest absolute Gasteiger partial charge is 0.136 e. The van der Waals surface area contributed by atoms with Crippen molar-refractivity contribution in [2.24, 2.45) is 0 Å². The van der Waals surface area contributed by atoms with Crippen molar-refractivity contribution in [2.75, 3.05) is 0 Å². The molecule has 0 aliphatic carbocycles. The average Bonchev–Trinajstić information content (AvgIpc) is 3.60. The Morgan fingerprint density at radius 2 is 1.00 bits per heavy atom. The number of hydrogen-bond acceptors (Lipinski definition) is 1. The van der Waals surface area contributed by atoms with Gasteiger partial charge in [-0.1, -0.05) is 151 Å². The van der Waals surface area contributed by atoms with Crippen LogP contribution in [0.1, 0.15) is 15.1 Å². The summed E-state index contributed by atoms with van der Waals surface area (Å²) in [6.45, 7) is 0. The maximum atomic E-state index is 9.52. The molecule has 9 aromatic carbocycles. The molecule has 0 N–H and O–H groups in total. The van der Waals surface area contributed by atoms with Crippen molar-refractivity contribution in [2.45, 2.75) is 0 Å². The maximum absolute atomic E-state index is 9.52. The second-order valence-electron chi connectivity index (χ2n) is 11.6. The predicted octanol–water partition coefficient (Wildman–Crippen LogP) is 13.2. The normalized spacial score (nSPS) is 15.1. The lowest BCUT2D eigenvalue weighted by atomic mass is 9.84. The first-order chi connectivity index (χ1) is 27.9. The van der Waals surface area contributed by atoms with Gasteiger partial charge in [0.15, 0.2) is 0 Å². The van der Waals surface area contributed by atoms with Gasteiger partial charge in [-0.25, -0.2) is 0 Å². The van der Waals surface area contributed by atoms with Gasteiger partial charge in [0.25, 0.3) is 0 Å². The van der Waals surface area contributed by atoms with Gasteiger partial charge in [-0.3, -0.25) is 0 Å². The molecule has 0 radical (unpaired) electrons. The SMILES string of the molecule is [2H]c1c([2H])c(-c2c([2H])c([2H])c([2H])c3c([2H])c([2H])c([2H])c([2H])c23)c([2H])c([2H])c1-c1c2ccccc2c(-c2cccc3oc4cc5ccccc5cc4c23)c2ccccc12. The standard InChI is InChI=1S/C46H28O/c1-2-13-33-28-43-41(27-32(33)12-1)46-40(21-10-22-42(46)47-43)45-38-18-7-5-16-36(38)44(37-17-6-8-19-39(37)45)31-25-23-30(24-26-31)35-20-9-14-29-11-3-4-15-34(29)35/h1-28H/i3D,4D,9D,11D,14D,15D,20D,23D,24D,25D,26D. The highest BCUT2D eigenvalue weighted by Gasteiger charge is 2.20. The molecule has 47 heavy (non-hydrogen) atoms. The Morgan fingerprint density at radius 1 is 0.383 bits per heavy atom. The van der Waals surface area contributed by atoms with Crippen LogP contribution < -0.4 is 0 Å². The van der Waals surface area contributed by atoms with E-state index in [0.717, 1.165) is 54.6 Å². The third-order valence-corrected chi connectivity index (χ3v) is 9.00. The molecule has 0 spiro atoms. The van der Waals surface area contributed by atoms with Crippen molar-refractivity contribution in [3.8, 4) is 33.4 Å². The quantitative estimate of drug-likeness (QED) is 0.182. The summed E-state index contributed by atoms with van der Waals surface area (Å²) in [5.74, 6) is 0. The largest absolute Gasteiger partial charge is 0.456 e. The molecule has 1 aromatic heterocycles. The van der Waals surface area contributed by atoms with Gasteiger partial charge in [-0.05, 0) is 94.7 Å². The lowest BCUT2D eigenvalue weighted by Crippen LogP contribution is -1.91. The molecule has 1 heterocycles. The highest BCUT2D eigenvalue weighted by atomic mass is 16.3. The summed E-state index contributed by atoms with van der Waals surface area (Å²) < 4.78 is 104. The monoisotopic (exact) mass is 607 g/mol. The molecule has 10 aromatic rings. The van der Waals surface area contributed by atoms with Crippen molar-refractivity contribution < 1.29 is 19.5 Å². The molecule has 10 rings (SSSR count). The van der Waals surface area contributed by atoms with E-state index in [1.807, 2.05) is 78.9 Å². The lowest BCUT2D eigenvalue weighted by molar-refractivity contribution is 0.669. The zero-order valence-corrected chi connectivity index (χ0v) is 24.7. The molecule has 0 bridgehead atoms. The Bertz CT molecular complexity index is 3390. The molecule has 0 fully saturated rings. The molecular formula is C46H28O. The molecule has 1 heteroatoms. The molecule has 0 aliphatic rings. The topological polar surface area (TPSA) is 13.1 Å². The van der Waals surface area contributed by atoms with Crippen molar-refractivity contribution in [1.29, 1.82) is 0 Å². The van der Waals surface area contributed by atoms with Gasteiger partial charge in [0.2, 0.25) is 0 Å². The van der Waals surface area contributed by atoms with Crippen LogP contribution in [0.3, 0.4) is 0 Å². The average molecular weight is 608 g/mol. The van der Waals surface area contributed by atoms with E-state index in [-0.39, 0.29) is 27.5 Å². The van der Waals surface area contributed by atoms with E-state index >= 15 is 0 Å². The van der Waals surface area contributed by atoms with Crippen molar-refractivity contribution in [3.63, 3.8) is 0 Å².